The molecule has 1 saturated heterocycles. The number of carbonyl (C=O) groups is 1. The van der Waals surface area contributed by atoms with Gasteiger partial charge < -0.3 is 10.2 Å². The third-order valence-corrected chi connectivity index (χ3v) is 3.84. The highest BCUT2D eigenvalue weighted by Crippen LogP contribution is 2.28. The Labute approximate surface area is 138 Å². The molecule has 0 radical (unpaired) electrons. The second kappa shape index (κ2) is 6.38. The first-order valence-corrected chi connectivity index (χ1v) is 7.44. The van der Waals surface area contributed by atoms with Crippen molar-refractivity contribution in [2.24, 2.45) is 0 Å². The average Bonchev–Trinajstić information content (AvgIpc) is 3.01. The maximum atomic E-state index is 11.8. The lowest BCUT2D eigenvalue weighted by molar-refractivity contribution is -0.384. The monoisotopic (exact) mass is 322 g/mol. The van der Waals surface area contributed by atoms with Gasteiger partial charge in [-0.1, -0.05) is 6.07 Å². The van der Waals surface area contributed by atoms with Gasteiger partial charge in [0.2, 0.25) is 5.91 Å². The summed E-state index contributed by atoms with van der Waals surface area (Å²) in [6.07, 6.45) is 1.40. The van der Waals surface area contributed by atoms with E-state index in [1.807, 2.05) is 30.3 Å². The Hall–Kier alpha value is -3.40. The lowest BCUT2D eigenvalue weighted by Gasteiger charge is -2.17. The molecule has 1 N–H and O–H groups in total. The third kappa shape index (κ3) is 3.03. The van der Waals surface area contributed by atoms with Gasteiger partial charge in [0.05, 0.1) is 16.2 Å². The molecule has 0 bridgehead atoms. The Morgan fingerprint density at radius 3 is 2.75 bits per heavy atom. The number of rotatable bonds is 4. The van der Waals surface area contributed by atoms with Crippen LogP contribution in [-0.4, -0.2) is 17.4 Å². The number of carbonyl (C=O) groups excluding carboxylic acids is 1. The van der Waals surface area contributed by atoms with Gasteiger partial charge in [0.15, 0.2) is 0 Å². The first kappa shape index (κ1) is 15.5. The van der Waals surface area contributed by atoms with E-state index in [-0.39, 0.29) is 17.2 Å². The number of benzene rings is 2. The second-order valence-corrected chi connectivity index (χ2v) is 5.42. The molecule has 2 aromatic carbocycles. The highest BCUT2D eigenvalue weighted by Gasteiger charge is 2.21. The first-order chi connectivity index (χ1) is 11.6. The van der Waals surface area contributed by atoms with E-state index in [1.165, 1.54) is 18.2 Å². The molecule has 7 nitrogen and oxygen atoms in total. The fraction of sp³-hybridized carbons (Fsp3) is 0.176. The van der Waals surface area contributed by atoms with Gasteiger partial charge in [-0.3, -0.25) is 14.9 Å². The molecule has 7 heteroatoms. The lowest BCUT2D eigenvalue weighted by atomic mass is 10.1. The lowest BCUT2D eigenvalue weighted by Crippen LogP contribution is -2.23. The van der Waals surface area contributed by atoms with Crippen LogP contribution in [0.1, 0.15) is 18.4 Å². The van der Waals surface area contributed by atoms with Gasteiger partial charge in [-0.15, -0.1) is 0 Å². The molecule has 0 unspecified atom stereocenters. The van der Waals surface area contributed by atoms with Crippen LogP contribution >= 0.6 is 0 Å². The number of hydrogen-bond acceptors (Lipinski definition) is 5. The van der Waals surface area contributed by atoms with Gasteiger partial charge in [0.1, 0.15) is 6.07 Å². The van der Waals surface area contributed by atoms with Crippen LogP contribution in [-0.2, 0) is 4.79 Å². The molecule has 1 aliphatic rings. The summed E-state index contributed by atoms with van der Waals surface area (Å²) in [7, 11) is 0. The third-order valence-electron chi connectivity index (χ3n) is 3.84. The molecule has 0 aliphatic carbocycles. The molecule has 1 heterocycles. The highest BCUT2D eigenvalue weighted by molar-refractivity contribution is 5.95. The van der Waals surface area contributed by atoms with Crippen LogP contribution in [0.5, 0.6) is 0 Å². The molecule has 0 spiro atoms. The van der Waals surface area contributed by atoms with Crippen molar-refractivity contribution in [2.75, 3.05) is 16.8 Å². The van der Waals surface area contributed by atoms with E-state index in [0.29, 0.717) is 24.3 Å². The number of nitrogens with zero attached hydrogens (tertiary/aromatic N) is 3. The molecule has 1 aliphatic heterocycles. The van der Waals surface area contributed by atoms with E-state index in [0.717, 1.165) is 12.1 Å². The Bertz CT molecular complexity index is 857. The van der Waals surface area contributed by atoms with Gasteiger partial charge in [0, 0.05) is 36.5 Å². The molecule has 1 fully saturated rings. The van der Waals surface area contributed by atoms with Crippen LogP contribution in [0.3, 0.4) is 0 Å². The Morgan fingerprint density at radius 2 is 2.08 bits per heavy atom. The molecule has 0 saturated carbocycles. The molecule has 120 valence electrons. The number of nitrogens with one attached hydrogen (secondary N) is 1. The summed E-state index contributed by atoms with van der Waals surface area (Å²) < 4.78 is 0. The van der Waals surface area contributed by atoms with Gasteiger partial charge in [-0.05, 0) is 30.7 Å². The predicted octanol–water partition coefficient (Wildman–Crippen LogP) is 3.34. The number of nitro groups is 1. The maximum Gasteiger partial charge on any atom is 0.270 e. The van der Waals surface area contributed by atoms with Crippen molar-refractivity contribution < 1.29 is 9.72 Å². The number of nitriles is 1. The van der Waals surface area contributed by atoms with Gasteiger partial charge in [0.25, 0.3) is 5.69 Å². The smallest absolute Gasteiger partial charge is 0.270 e. The number of non-ortho nitro benzene ring substituents is 1. The largest absolute Gasteiger partial charge is 0.354 e. The van der Waals surface area contributed by atoms with Crippen molar-refractivity contribution in [2.45, 2.75) is 12.8 Å². The summed E-state index contributed by atoms with van der Waals surface area (Å²) in [5.41, 5.74) is 2.04. The zero-order chi connectivity index (χ0) is 17.1. The summed E-state index contributed by atoms with van der Waals surface area (Å²) >= 11 is 0. The van der Waals surface area contributed by atoms with Gasteiger partial charge >= 0.3 is 0 Å². The van der Waals surface area contributed by atoms with Crippen molar-refractivity contribution in [3.8, 4) is 6.07 Å². The van der Waals surface area contributed by atoms with Crippen LogP contribution < -0.4 is 10.2 Å². The second-order valence-electron chi connectivity index (χ2n) is 5.42. The van der Waals surface area contributed by atoms with Crippen LogP contribution in [0.25, 0.3) is 0 Å². The zero-order valence-corrected chi connectivity index (χ0v) is 12.7. The summed E-state index contributed by atoms with van der Waals surface area (Å²) in [6, 6.07) is 13.4. The van der Waals surface area contributed by atoms with Crippen LogP contribution in [0.2, 0.25) is 0 Å². The first-order valence-electron chi connectivity index (χ1n) is 7.44. The molecule has 24 heavy (non-hydrogen) atoms. The Kier molecular flexibility index (Phi) is 4.12. The van der Waals surface area contributed by atoms with E-state index < -0.39 is 4.92 Å². The highest BCUT2D eigenvalue weighted by atomic mass is 16.6. The van der Waals surface area contributed by atoms with Crippen molar-refractivity contribution in [1.29, 1.82) is 5.26 Å². The molecular formula is C17H14N4O3. The van der Waals surface area contributed by atoms with Crippen molar-refractivity contribution in [1.82, 2.24) is 0 Å². The molecule has 1 amide bonds. The van der Waals surface area contributed by atoms with Crippen molar-refractivity contribution in [3.05, 3.63) is 58.1 Å². The quantitative estimate of drug-likeness (QED) is 0.687. The fourth-order valence-corrected chi connectivity index (χ4v) is 2.68. The summed E-state index contributed by atoms with van der Waals surface area (Å²) in [5.74, 6) is 0.0974. The van der Waals surface area contributed by atoms with E-state index in [4.69, 9.17) is 0 Å². The molecular weight excluding hydrogens is 308 g/mol. The molecule has 2 aromatic rings. The molecule has 0 atom stereocenters. The average molecular weight is 322 g/mol. The van der Waals surface area contributed by atoms with E-state index >= 15 is 0 Å². The van der Waals surface area contributed by atoms with Gasteiger partial charge in [-0.25, -0.2) is 0 Å². The Morgan fingerprint density at radius 1 is 1.25 bits per heavy atom. The number of nitro benzene ring substituents is 1. The summed E-state index contributed by atoms with van der Waals surface area (Å²) in [4.78, 5) is 23.8. The summed E-state index contributed by atoms with van der Waals surface area (Å²) in [5, 5.41) is 23.1. The standard InChI is InChI=1S/C17H14N4O3/c18-11-12-9-15(21(23)24)6-7-16(12)19-13-3-1-4-14(10-13)20-8-2-5-17(20)22/h1,3-4,6-7,9-10,19H,2,5,8H2. The minimum Gasteiger partial charge on any atom is -0.354 e. The summed E-state index contributed by atoms with van der Waals surface area (Å²) in [6.45, 7) is 0.698. The zero-order valence-electron chi connectivity index (χ0n) is 12.7. The number of hydrogen-bond donors (Lipinski definition) is 1. The van der Waals surface area contributed by atoms with E-state index in [9.17, 15) is 20.2 Å². The fourth-order valence-electron chi connectivity index (χ4n) is 2.68. The maximum absolute atomic E-state index is 11.8. The van der Waals surface area contributed by atoms with Crippen molar-refractivity contribution >= 4 is 28.7 Å². The normalized spacial score (nSPS) is 13.6. The SMILES string of the molecule is N#Cc1cc([N+](=O)[O-])ccc1Nc1cccc(N2CCCC2=O)c1. The molecule has 0 aromatic heterocycles. The van der Waals surface area contributed by atoms with E-state index in [1.54, 1.807) is 4.90 Å². The predicted molar refractivity (Wildman–Crippen MR) is 89.1 cm³/mol. The van der Waals surface area contributed by atoms with Crippen LogP contribution in [0, 0.1) is 21.4 Å². The van der Waals surface area contributed by atoms with Gasteiger partial charge in [-0.2, -0.15) is 5.26 Å². The van der Waals surface area contributed by atoms with Crippen molar-refractivity contribution in [3.63, 3.8) is 0 Å². The minimum atomic E-state index is -0.537. The van der Waals surface area contributed by atoms with Crippen LogP contribution in [0.4, 0.5) is 22.7 Å². The number of anilines is 3. The Balaban J connectivity index is 1.88. The molecule has 3 rings (SSSR count). The van der Waals surface area contributed by atoms with Crippen LogP contribution in [0.15, 0.2) is 42.5 Å². The topological polar surface area (TPSA) is 99.3 Å². The minimum absolute atomic E-state index is 0.0974. The number of amides is 1. The van der Waals surface area contributed by atoms with E-state index in [2.05, 4.69) is 5.32 Å².